The Kier molecular flexibility index (Phi) is 5.23. The summed E-state index contributed by atoms with van der Waals surface area (Å²) >= 11 is 0. The van der Waals surface area contributed by atoms with E-state index in [2.05, 4.69) is 11.0 Å². The molecule has 1 N–H and O–H groups in total. The van der Waals surface area contributed by atoms with Crippen LogP contribution in [0.4, 0.5) is 0 Å². The third kappa shape index (κ3) is 3.47. The fourth-order valence-electron chi connectivity index (χ4n) is 3.64. The zero-order chi connectivity index (χ0) is 17.9. The first-order chi connectivity index (χ1) is 12.1. The lowest BCUT2D eigenvalue weighted by Crippen LogP contribution is -2.61. The number of nitriles is 1. The molecule has 1 atom stereocenters. The molecule has 1 unspecified atom stereocenters. The second-order valence-electron chi connectivity index (χ2n) is 6.55. The van der Waals surface area contributed by atoms with Crippen molar-refractivity contribution in [2.24, 2.45) is 0 Å². The molecule has 0 bridgehead atoms. The molecule has 2 saturated heterocycles. The minimum Gasteiger partial charge on any atom is -0.495 e. The Balaban J connectivity index is 1.61. The Morgan fingerprint density at radius 3 is 2.72 bits per heavy atom. The van der Waals surface area contributed by atoms with Crippen molar-refractivity contribution in [1.82, 2.24) is 9.80 Å². The van der Waals surface area contributed by atoms with Crippen molar-refractivity contribution in [3.05, 3.63) is 29.3 Å². The summed E-state index contributed by atoms with van der Waals surface area (Å²) in [6, 6.07) is 7.80. The van der Waals surface area contributed by atoms with Crippen molar-refractivity contribution >= 4 is 5.97 Å². The number of carbonyl (C=O) groups is 1. The number of piperazine rings is 1. The van der Waals surface area contributed by atoms with Gasteiger partial charge in [0.05, 0.1) is 19.3 Å². The van der Waals surface area contributed by atoms with Crippen LogP contribution in [0.25, 0.3) is 0 Å². The summed E-state index contributed by atoms with van der Waals surface area (Å²) < 4.78 is 10.5. The van der Waals surface area contributed by atoms with Crippen molar-refractivity contribution in [3.8, 4) is 11.8 Å². The van der Waals surface area contributed by atoms with Crippen LogP contribution in [-0.2, 0) is 16.1 Å². The van der Waals surface area contributed by atoms with E-state index in [9.17, 15) is 15.2 Å². The first-order valence-electron chi connectivity index (χ1n) is 8.44. The van der Waals surface area contributed by atoms with Crippen LogP contribution in [0.15, 0.2) is 18.2 Å². The number of hydrogen-bond donors (Lipinski definition) is 1. The van der Waals surface area contributed by atoms with Crippen LogP contribution in [0.5, 0.6) is 5.75 Å². The molecule has 7 heteroatoms. The summed E-state index contributed by atoms with van der Waals surface area (Å²) in [7, 11) is 1.56. The quantitative estimate of drug-likeness (QED) is 0.849. The lowest BCUT2D eigenvalue weighted by atomic mass is 9.95. The van der Waals surface area contributed by atoms with Crippen molar-refractivity contribution in [2.75, 3.05) is 46.5 Å². The maximum atomic E-state index is 11.7. The monoisotopic (exact) mass is 345 g/mol. The summed E-state index contributed by atoms with van der Waals surface area (Å²) in [5, 5.41) is 18.8. The highest BCUT2D eigenvalue weighted by molar-refractivity contribution is 5.79. The van der Waals surface area contributed by atoms with Gasteiger partial charge in [-0.15, -0.1) is 0 Å². The van der Waals surface area contributed by atoms with Crippen LogP contribution >= 0.6 is 0 Å². The number of benzene rings is 1. The first kappa shape index (κ1) is 17.7. The molecule has 134 valence electrons. The van der Waals surface area contributed by atoms with E-state index < -0.39 is 11.5 Å². The van der Waals surface area contributed by atoms with Crippen molar-refractivity contribution in [3.63, 3.8) is 0 Å². The van der Waals surface area contributed by atoms with Gasteiger partial charge in [-0.25, -0.2) is 0 Å². The highest BCUT2D eigenvalue weighted by atomic mass is 16.5. The van der Waals surface area contributed by atoms with Gasteiger partial charge in [0, 0.05) is 45.8 Å². The minimum absolute atomic E-state index is 0.270. The molecule has 2 heterocycles. The number of rotatable bonds is 5. The fraction of sp³-hybridized carbons (Fsp3) is 0.556. The van der Waals surface area contributed by atoms with Crippen molar-refractivity contribution in [2.45, 2.75) is 18.5 Å². The second kappa shape index (κ2) is 7.40. The van der Waals surface area contributed by atoms with E-state index in [0.29, 0.717) is 37.4 Å². The highest BCUT2D eigenvalue weighted by Crippen LogP contribution is 2.28. The van der Waals surface area contributed by atoms with Gasteiger partial charge in [-0.05, 0) is 17.7 Å². The van der Waals surface area contributed by atoms with Crippen LogP contribution in [0.2, 0.25) is 0 Å². The molecular weight excluding hydrogens is 322 g/mol. The van der Waals surface area contributed by atoms with Crippen LogP contribution < -0.4 is 4.74 Å². The molecule has 0 amide bonds. The first-order valence-corrected chi connectivity index (χ1v) is 8.44. The van der Waals surface area contributed by atoms with Crippen LogP contribution in [0.3, 0.4) is 0 Å². The number of carboxylic acids is 1. The van der Waals surface area contributed by atoms with E-state index in [1.807, 2.05) is 23.1 Å². The van der Waals surface area contributed by atoms with Gasteiger partial charge in [-0.2, -0.15) is 5.26 Å². The molecule has 0 aliphatic carbocycles. The lowest BCUT2D eigenvalue weighted by molar-refractivity contribution is -0.153. The molecule has 3 rings (SSSR count). The van der Waals surface area contributed by atoms with E-state index >= 15 is 0 Å². The average Bonchev–Trinajstić information content (AvgIpc) is 3.13. The lowest BCUT2D eigenvalue weighted by Gasteiger charge is -2.42. The van der Waals surface area contributed by atoms with Gasteiger partial charge in [-0.3, -0.25) is 14.6 Å². The van der Waals surface area contributed by atoms with Gasteiger partial charge in [0.15, 0.2) is 0 Å². The number of carboxylic acid groups (broad SMARTS) is 1. The molecule has 2 fully saturated rings. The molecule has 7 nitrogen and oxygen atoms in total. The number of aliphatic carboxylic acids is 1. The molecule has 0 saturated carbocycles. The summed E-state index contributed by atoms with van der Waals surface area (Å²) in [6.07, 6.45) is 0.548. The summed E-state index contributed by atoms with van der Waals surface area (Å²) in [5.74, 6) is -0.201. The number of methoxy groups -OCH3 is 1. The Hall–Kier alpha value is -2.14. The Morgan fingerprint density at radius 2 is 2.16 bits per heavy atom. The molecule has 0 aromatic heterocycles. The van der Waals surface area contributed by atoms with E-state index in [1.54, 1.807) is 7.11 Å². The molecule has 0 spiro atoms. The van der Waals surface area contributed by atoms with Crippen LogP contribution in [-0.4, -0.2) is 72.9 Å². The van der Waals surface area contributed by atoms with Crippen molar-refractivity contribution < 1.29 is 19.4 Å². The van der Waals surface area contributed by atoms with E-state index in [1.165, 1.54) is 0 Å². The predicted octanol–water partition coefficient (Wildman–Crippen LogP) is 0.928. The smallest absolute Gasteiger partial charge is 0.326 e. The normalized spacial score (nSPS) is 24.8. The van der Waals surface area contributed by atoms with Crippen LogP contribution in [0, 0.1) is 11.3 Å². The number of ether oxygens (including phenoxy) is 2. The Bertz CT molecular complexity index is 671. The van der Waals surface area contributed by atoms with E-state index in [0.717, 1.165) is 25.2 Å². The number of hydrogen-bond acceptors (Lipinski definition) is 6. The Labute approximate surface area is 147 Å². The van der Waals surface area contributed by atoms with E-state index in [-0.39, 0.29) is 6.61 Å². The molecule has 25 heavy (non-hydrogen) atoms. The topological polar surface area (TPSA) is 86.0 Å². The van der Waals surface area contributed by atoms with E-state index in [4.69, 9.17) is 9.47 Å². The van der Waals surface area contributed by atoms with Gasteiger partial charge < -0.3 is 14.6 Å². The molecule has 2 aliphatic heterocycles. The van der Waals surface area contributed by atoms with Gasteiger partial charge in [0.2, 0.25) is 0 Å². The molecule has 0 radical (unpaired) electrons. The Morgan fingerprint density at radius 1 is 1.40 bits per heavy atom. The van der Waals surface area contributed by atoms with Crippen LogP contribution in [0.1, 0.15) is 17.5 Å². The largest absolute Gasteiger partial charge is 0.495 e. The highest BCUT2D eigenvalue weighted by Gasteiger charge is 2.48. The summed E-state index contributed by atoms with van der Waals surface area (Å²) in [6.45, 7) is 4.52. The zero-order valence-corrected chi connectivity index (χ0v) is 14.4. The molecule has 1 aromatic carbocycles. The molecular formula is C18H23N3O4. The van der Waals surface area contributed by atoms with Crippen molar-refractivity contribution in [1.29, 1.82) is 5.26 Å². The third-order valence-corrected chi connectivity index (χ3v) is 5.17. The maximum absolute atomic E-state index is 11.7. The van der Waals surface area contributed by atoms with Gasteiger partial charge in [-0.1, -0.05) is 6.07 Å². The SMILES string of the molecule is COc1ccc(CN2CCN(C3(C(=O)O)CCOC3)CC2)cc1C#N. The number of nitrogens with zero attached hydrogens (tertiary/aromatic N) is 3. The average molecular weight is 345 g/mol. The summed E-state index contributed by atoms with van der Waals surface area (Å²) in [5.41, 5.74) is 0.731. The van der Waals surface area contributed by atoms with Gasteiger partial charge >= 0.3 is 5.97 Å². The summed E-state index contributed by atoms with van der Waals surface area (Å²) in [4.78, 5) is 16.1. The van der Waals surface area contributed by atoms with Gasteiger partial charge in [0.1, 0.15) is 17.4 Å². The standard InChI is InChI=1S/C18H23N3O4/c1-24-16-3-2-14(10-15(16)11-19)12-20-5-7-21(8-6-20)18(17(22)23)4-9-25-13-18/h2-3,10H,4-9,12-13H2,1H3,(H,22,23). The fourth-order valence-corrected chi connectivity index (χ4v) is 3.64. The van der Waals surface area contributed by atoms with Gasteiger partial charge in [0.25, 0.3) is 0 Å². The molecule has 2 aliphatic rings. The molecule has 1 aromatic rings. The second-order valence-corrected chi connectivity index (χ2v) is 6.55. The maximum Gasteiger partial charge on any atom is 0.326 e. The third-order valence-electron chi connectivity index (χ3n) is 5.17. The minimum atomic E-state index is -0.861. The predicted molar refractivity (Wildman–Crippen MR) is 90.4 cm³/mol. The zero-order valence-electron chi connectivity index (χ0n) is 14.4.